The van der Waals surface area contributed by atoms with Gasteiger partial charge in [-0.25, -0.2) is 0 Å². The molecule has 0 fully saturated rings. The van der Waals surface area contributed by atoms with Gasteiger partial charge in [-0.2, -0.15) is 5.10 Å². The van der Waals surface area contributed by atoms with Crippen LogP contribution in [-0.2, 0) is 6.54 Å². The van der Waals surface area contributed by atoms with E-state index in [1.54, 1.807) is 13.3 Å². The van der Waals surface area contributed by atoms with Crippen LogP contribution >= 0.6 is 0 Å². The molecule has 4 aromatic rings. The first-order valence-electron chi connectivity index (χ1n) is 9.76. The molecule has 152 valence electrons. The fourth-order valence-corrected chi connectivity index (χ4v) is 3.35. The third-order valence-corrected chi connectivity index (χ3v) is 5.11. The lowest BCUT2D eigenvalue weighted by molar-refractivity contribution is 0.215. The normalized spacial score (nSPS) is 11.8. The third-order valence-electron chi connectivity index (χ3n) is 5.11. The molecule has 1 atom stereocenters. The number of aliphatic hydroxyl groups excluding tert-OH is 1. The van der Waals surface area contributed by atoms with Gasteiger partial charge in [0, 0.05) is 29.6 Å². The van der Waals surface area contributed by atoms with E-state index in [2.05, 4.69) is 20.5 Å². The SMILES string of the molecule is COc1ccc(-c2[nH]ncc2CNc2cc([C@@H](O)c3ccccn3)ccc2C)cc1. The zero-order valence-electron chi connectivity index (χ0n) is 17.0. The molecule has 0 radical (unpaired) electrons. The number of H-pyrrole nitrogens is 1. The van der Waals surface area contributed by atoms with Crippen molar-refractivity contribution in [1.29, 1.82) is 0 Å². The Morgan fingerprint density at radius 3 is 2.67 bits per heavy atom. The van der Waals surface area contributed by atoms with Gasteiger partial charge >= 0.3 is 0 Å². The number of aryl methyl sites for hydroxylation is 1. The number of aliphatic hydroxyl groups is 1. The van der Waals surface area contributed by atoms with Crippen LogP contribution in [0.25, 0.3) is 11.3 Å². The van der Waals surface area contributed by atoms with Crippen LogP contribution in [0, 0.1) is 6.92 Å². The number of hydrogen-bond donors (Lipinski definition) is 3. The molecule has 3 N–H and O–H groups in total. The molecule has 4 rings (SSSR count). The molecule has 0 unspecified atom stereocenters. The van der Waals surface area contributed by atoms with E-state index in [1.165, 1.54) is 0 Å². The molecular formula is C24H24N4O2. The molecule has 0 aliphatic carbocycles. The van der Waals surface area contributed by atoms with E-state index in [9.17, 15) is 5.11 Å². The lowest BCUT2D eigenvalue weighted by atomic mass is 10.0. The summed E-state index contributed by atoms with van der Waals surface area (Å²) >= 11 is 0. The smallest absolute Gasteiger partial charge is 0.121 e. The third kappa shape index (κ3) is 4.18. The number of benzene rings is 2. The van der Waals surface area contributed by atoms with Crippen molar-refractivity contribution in [3.63, 3.8) is 0 Å². The summed E-state index contributed by atoms with van der Waals surface area (Å²) in [4.78, 5) is 4.26. The summed E-state index contributed by atoms with van der Waals surface area (Å²) in [5.41, 5.74) is 6.54. The standard InChI is InChI=1S/C24H24N4O2/c1-16-6-7-18(24(29)21-5-3-4-12-25-21)13-22(16)26-14-19-15-27-28-23(19)17-8-10-20(30-2)11-9-17/h3-13,15,24,26,29H,14H2,1-2H3,(H,27,28)/t24-/m1/s1. The van der Waals surface area contributed by atoms with Gasteiger partial charge in [0.15, 0.2) is 0 Å². The number of rotatable bonds is 7. The lowest BCUT2D eigenvalue weighted by Gasteiger charge is -2.15. The van der Waals surface area contributed by atoms with Crippen LogP contribution in [0.5, 0.6) is 5.75 Å². The van der Waals surface area contributed by atoms with Gasteiger partial charge in [-0.15, -0.1) is 0 Å². The topological polar surface area (TPSA) is 83.1 Å². The summed E-state index contributed by atoms with van der Waals surface area (Å²) in [6.07, 6.45) is 2.75. The second-order valence-electron chi connectivity index (χ2n) is 7.08. The summed E-state index contributed by atoms with van der Waals surface area (Å²) < 4.78 is 5.23. The molecular weight excluding hydrogens is 376 g/mol. The molecule has 6 heteroatoms. The Bertz CT molecular complexity index is 1110. The maximum Gasteiger partial charge on any atom is 0.121 e. The van der Waals surface area contributed by atoms with Crippen molar-refractivity contribution in [2.45, 2.75) is 19.6 Å². The largest absolute Gasteiger partial charge is 0.497 e. The Labute approximate surface area is 175 Å². The van der Waals surface area contributed by atoms with E-state index in [-0.39, 0.29) is 0 Å². The van der Waals surface area contributed by atoms with Crippen molar-refractivity contribution < 1.29 is 9.84 Å². The van der Waals surface area contributed by atoms with Crippen molar-refractivity contribution >= 4 is 5.69 Å². The highest BCUT2D eigenvalue weighted by atomic mass is 16.5. The first-order valence-corrected chi connectivity index (χ1v) is 9.76. The molecule has 0 saturated heterocycles. The van der Waals surface area contributed by atoms with Gasteiger partial charge in [0.2, 0.25) is 0 Å². The van der Waals surface area contributed by atoms with Gasteiger partial charge in [0.1, 0.15) is 11.9 Å². The number of nitrogens with zero attached hydrogens (tertiary/aromatic N) is 2. The van der Waals surface area contributed by atoms with E-state index in [0.717, 1.165) is 39.4 Å². The predicted molar refractivity (Wildman–Crippen MR) is 117 cm³/mol. The first-order chi connectivity index (χ1) is 14.7. The Hall–Kier alpha value is -3.64. The summed E-state index contributed by atoms with van der Waals surface area (Å²) in [5, 5.41) is 21.5. The van der Waals surface area contributed by atoms with Gasteiger partial charge in [0.25, 0.3) is 0 Å². The molecule has 6 nitrogen and oxygen atoms in total. The van der Waals surface area contributed by atoms with Crippen molar-refractivity contribution in [2.24, 2.45) is 0 Å². The van der Waals surface area contributed by atoms with E-state index in [0.29, 0.717) is 12.2 Å². The van der Waals surface area contributed by atoms with Gasteiger partial charge in [-0.05, 0) is 60.5 Å². The Kier molecular flexibility index (Phi) is 5.77. The molecule has 2 heterocycles. The fourth-order valence-electron chi connectivity index (χ4n) is 3.35. The molecule has 0 aliphatic heterocycles. The number of nitrogens with one attached hydrogen (secondary N) is 2. The van der Waals surface area contributed by atoms with Crippen molar-refractivity contribution in [3.05, 3.63) is 95.4 Å². The van der Waals surface area contributed by atoms with E-state index in [1.807, 2.05) is 73.8 Å². The zero-order valence-corrected chi connectivity index (χ0v) is 17.0. The summed E-state index contributed by atoms with van der Waals surface area (Å²) in [6, 6.07) is 19.3. The fraction of sp³-hybridized carbons (Fsp3) is 0.167. The molecule has 0 saturated carbocycles. The van der Waals surface area contributed by atoms with Crippen LogP contribution in [0.4, 0.5) is 5.69 Å². The predicted octanol–water partition coefficient (Wildman–Crippen LogP) is 4.48. The average molecular weight is 400 g/mol. The quantitative estimate of drug-likeness (QED) is 0.426. The molecule has 2 aromatic heterocycles. The Morgan fingerprint density at radius 1 is 1.10 bits per heavy atom. The van der Waals surface area contributed by atoms with Crippen LogP contribution < -0.4 is 10.1 Å². The molecule has 0 spiro atoms. The number of methoxy groups -OCH3 is 1. The highest BCUT2D eigenvalue weighted by molar-refractivity contribution is 5.64. The highest BCUT2D eigenvalue weighted by Crippen LogP contribution is 2.27. The van der Waals surface area contributed by atoms with Crippen LogP contribution in [0.15, 0.2) is 73.1 Å². The highest BCUT2D eigenvalue weighted by Gasteiger charge is 2.14. The van der Waals surface area contributed by atoms with Crippen LogP contribution in [0.2, 0.25) is 0 Å². The van der Waals surface area contributed by atoms with Crippen LogP contribution in [-0.4, -0.2) is 27.4 Å². The van der Waals surface area contributed by atoms with Crippen molar-refractivity contribution in [3.8, 4) is 17.0 Å². The minimum atomic E-state index is -0.767. The maximum atomic E-state index is 10.7. The number of hydrogen-bond acceptors (Lipinski definition) is 5. The zero-order chi connectivity index (χ0) is 20.9. The van der Waals surface area contributed by atoms with Gasteiger partial charge in [0.05, 0.1) is 24.7 Å². The molecule has 2 aromatic carbocycles. The second-order valence-corrected chi connectivity index (χ2v) is 7.08. The monoisotopic (exact) mass is 400 g/mol. The number of pyridine rings is 1. The minimum absolute atomic E-state index is 0.599. The Morgan fingerprint density at radius 2 is 1.93 bits per heavy atom. The Balaban J connectivity index is 1.52. The average Bonchev–Trinajstić information content (AvgIpc) is 3.27. The summed E-state index contributed by atoms with van der Waals surface area (Å²) in [6.45, 7) is 2.64. The summed E-state index contributed by atoms with van der Waals surface area (Å²) in [7, 11) is 1.65. The van der Waals surface area contributed by atoms with Gasteiger partial charge in [-0.1, -0.05) is 18.2 Å². The van der Waals surface area contributed by atoms with E-state index >= 15 is 0 Å². The minimum Gasteiger partial charge on any atom is -0.497 e. The number of anilines is 1. The van der Waals surface area contributed by atoms with Crippen LogP contribution in [0.1, 0.15) is 28.5 Å². The van der Waals surface area contributed by atoms with Crippen LogP contribution in [0.3, 0.4) is 0 Å². The maximum absolute atomic E-state index is 10.7. The summed E-state index contributed by atoms with van der Waals surface area (Å²) in [5.74, 6) is 0.817. The number of ether oxygens (including phenoxy) is 1. The molecule has 0 bridgehead atoms. The number of aromatic nitrogens is 3. The van der Waals surface area contributed by atoms with Gasteiger partial charge in [-0.3, -0.25) is 10.1 Å². The second kappa shape index (κ2) is 8.80. The first kappa shape index (κ1) is 19.7. The molecule has 0 aliphatic rings. The molecule has 30 heavy (non-hydrogen) atoms. The van der Waals surface area contributed by atoms with E-state index in [4.69, 9.17) is 4.74 Å². The molecule has 0 amide bonds. The number of aromatic amines is 1. The van der Waals surface area contributed by atoms with E-state index < -0.39 is 6.10 Å². The van der Waals surface area contributed by atoms with Crippen molar-refractivity contribution in [1.82, 2.24) is 15.2 Å². The lowest BCUT2D eigenvalue weighted by Crippen LogP contribution is -2.05. The van der Waals surface area contributed by atoms with Crippen molar-refractivity contribution in [2.75, 3.05) is 12.4 Å². The van der Waals surface area contributed by atoms with Gasteiger partial charge < -0.3 is 15.2 Å².